The molecular formula is C11H21NO2. The van der Waals surface area contributed by atoms with Crippen LogP contribution in [0, 0.1) is 0 Å². The Morgan fingerprint density at radius 2 is 2.07 bits per heavy atom. The van der Waals surface area contributed by atoms with Crippen LogP contribution in [0.25, 0.3) is 0 Å². The molecule has 82 valence electrons. The van der Waals surface area contributed by atoms with Crippen LogP contribution in [0.2, 0.25) is 0 Å². The highest BCUT2D eigenvalue weighted by molar-refractivity contribution is 5.76. The van der Waals surface area contributed by atoms with Crippen molar-refractivity contribution in [2.24, 2.45) is 0 Å². The third kappa shape index (κ3) is 3.29. The Labute approximate surface area is 86.4 Å². The summed E-state index contributed by atoms with van der Waals surface area (Å²) in [5, 5.41) is 0. The summed E-state index contributed by atoms with van der Waals surface area (Å²) in [7, 11) is 1.75. The minimum Gasteiger partial charge on any atom is -0.381 e. The molecule has 1 rings (SSSR count). The number of nitrogens with zero attached hydrogens (tertiary/aromatic N) is 1. The van der Waals surface area contributed by atoms with Crippen molar-refractivity contribution >= 4 is 5.91 Å². The highest BCUT2D eigenvalue weighted by Crippen LogP contribution is 2.14. The summed E-state index contributed by atoms with van der Waals surface area (Å²) in [5.41, 5.74) is 0. The van der Waals surface area contributed by atoms with Crippen molar-refractivity contribution in [1.29, 1.82) is 0 Å². The van der Waals surface area contributed by atoms with Gasteiger partial charge in [0.2, 0.25) is 5.91 Å². The zero-order chi connectivity index (χ0) is 10.4. The van der Waals surface area contributed by atoms with Crippen LogP contribution in [0.15, 0.2) is 0 Å². The van der Waals surface area contributed by atoms with E-state index in [2.05, 4.69) is 6.92 Å². The lowest BCUT2D eigenvalue weighted by Crippen LogP contribution is -2.40. The molecule has 14 heavy (non-hydrogen) atoms. The molecule has 1 heterocycles. The maximum Gasteiger partial charge on any atom is 0.222 e. The van der Waals surface area contributed by atoms with E-state index < -0.39 is 0 Å². The van der Waals surface area contributed by atoms with Crippen molar-refractivity contribution in [3.63, 3.8) is 0 Å². The SMILES string of the molecule is CCCCC(=O)N1CCC(OC)CC1. The van der Waals surface area contributed by atoms with Gasteiger partial charge in [-0.15, -0.1) is 0 Å². The molecule has 3 heteroatoms. The van der Waals surface area contributed by atoms with Crippen LogP contribution in [-0.2, 0) is 9.53 Å². The Kier molecular flexibility index (Phi) is 4.94. The Morgan fingerprint density at radius 1 is 1.43 bits per heavy atom. The number of likely N-dealkylation sites (tertiary alicyclic amines) is 1. The van der Waals surface area contributed by atoms with Crippen LogP contribution in [-0.4, -0.2) is 37.1 Å². The van der Waals surface area contributed by atoms with E-state index in [-0.39, 0.29) is 0 Å². The van der Waals surface area contributed by atoms with E-state index in [1.54, 1.807) is 7.11 Å². The van der Waals surface area contributed by atoms with Gasteiger partial charge in [0.1, 0.15) is 0 Å². The molecule has 1 aliphatic rings. The first-order valence-electron chi connectivity index (χ1n) is 5.58. The third-order valence-electron chi connectivity index (χ3n) is 2.87. The van der Waals surface area contributed by atoms with Gasteiger partial charge in [-0.3, -0.25) is 4.79 Å². The average molecular weight is 199 g/mol. The minimum atomic E-state index is 0.321. The Morgan fingerprint density at radius 3 is 2.57 bits per heavy atom. The largest absolute Gasteiger partial charge is 0.381 e. The summed E-state index contributed by atoms with van der Waals surface area (Å²) in [4.78, 5) is 13.6. The van der Waals surface area contributed by atoms with Gasteiger partial charge in [-0.05, 0) is 19.3 Å². The topological polar surface area (TPSA) is 29.5 Å². The van der Waals surface area contributed by atoms with Crippen LogP contribution < -0.4 is 0 Å². The van der Waals surface area contributed by atoms with Gasteiger partial charge in [0.05, 0.1) is 6.10 Å². The lowest BCUT2D eigenvalue weighted by molar-refractivity contribution is -0.133. The number of piperidine rings is 1. The molecule has 0 aromatic rings. The number of hydrogen-bond donors (Lipinski definition) is 0. The maximum absolute atomic E-state index is 11.6. The van der Waals surface area contributed by atoms with Crippen LogP contribution in [0.5, 0.6) is 0 Å². The summed E-state index contributed by atoms with van der Waals surface area (Å²) >= 11 is 0. The molecule has 0 radical (unpaired) electrons. The molecule has 3 nitrogen and oxygen atoms in total. The number of hydrogen-bond acceptors (Lipinski definition) is 2. The fraction of sp³-hybridized carbons (Fsp3) is 0.909. The van der Waals surface area contributed by atoms with Gasteiger partial charge in [0, 0.05) is 26.6 Å². The fourth-order valence-electron chi connectivity index (χ4n) is 1.83. The number of unbranched alkanes of at least 4 members (excludes halogenated alkanes) is 1. The van der Waals surface area contributed by atoms with Gasteiger partial charge in [0.15, 0.2) is 0 Å². The zero-order valence-electron chi connectivity index (χ0n) is 9.29. The fourth-order valence-corrected chi connectivity index (χ4v) is 1.83. The quantitative estimate of drug-likeness (QED) is 0.691. The minimum absolute atomic E-state index is 0.321. The van der Waals surface area contributed by atoms with Crippen LogP contribution in [0.1, 0.15) is 39.0 Å². The van der Waals surface area contributed by atoms with E-state index >= 15 is 0 Å². The average Bonchev–Trinajstić information content (AvgIpc) is 2.26. The van der Waals surface area contributed by atoms with E-state index in [0.29, 0.717) is 18.4 Å². The van der Waals surface area contributed by atoms with Crippen molar-refractivity contribution < 1.29 is 9.53 Å². The number of ether oxygens (including phenoxy) is 1. The Balaban J connectivity index is 2.23. The van der Waals surface area contributed by atoms with Crippen LogP contribution >= 0.6 is 0 Å². The van der Waals surface area contributed by atoms with Gasteiger partial charge >= 0.3 is 0 Å². The smallest absolute Gasteiger partial charge is 0.222 e. The maximum atomic E-state index is 11.6. The molecule has 1 amide bonds. The van der Waals surface area contributed by atoms with Crippen LogP contribution in [0.4, 0.5) is 0 Å². The molecule has 1 aliphatic heterocycles. The second-order valence-electron chi connectivity index (χ2n) is 3.92. The second-order valence-corrected chi connectivity index (χ2v) is 3.92. The number of amides is 1. The van der Waals surface area contributed by atoms with E-state index in [4.69, 9.17) is 4.74 Å². The summed E-state index contributed by atoms with van der Waals surface area (Å²) in [5.74, 6) is 0.321. The molecule has 0 atom stereocenters. The first kappa shape index (κ1) is 11.5. The van der Waals surface area contributed by atoms with E-state index in [9.17, 15) is 4.79 Å². The highest BCUT2D eigenvalue weighted by Gasteiger charge is 2.21. The van der Waals surface area contributed by atoms with Crippen molar-refractivity contribution in [3.8, 4) is 0 Å². The molecule has 0 spiro atoms. The summed E-state index contributed by atoms with van der Waals surface area (Å²) in [6, 6.07) is 0. The molecule has 0 N–H and O–H groups in total. The molecular weight excluding hydrogens is 178 g/mol. The lowest BCUT2D eigenvalue weighted by Gasteiger charge is -2.31. The van der Waals surface area contributed by atoms with Gasteiger partial charge < -0.3 is 9.64 Å². The van der Waals surface area contributed by atoms with Gasteiger partial charge in [-0.1, -0.05) is 13.3 Å². The van der Waals surface area contributed by atoms with Gasteiger partial charge in [-0.25, -0.2) is 0 Å². The number of rotatable bonds is 4. The predicted octanol–water partition coefficient (Wildman–Crippen LogP) is 1.81. The molecule has 0 aromatic heterocycles. The van der Waals surface area contributed by atoms with Crippen molar-refractivity contribution in [3.05, 3.63) is 0 Å². The second kappa shape index (κ2) is 6.02. The molecule has 1 fully saturated rings. The predicted molar refractivity (Wildman–Crippen MR) is 56.1 cm³/mol. The van der Waals surface area contributed by atoms with Crippen molar-refractivity contribution in [1.82, 2.24) is 4.90 Å². The normalized spacial score (nSPS) is 18.6. The summed E-state index contributed by atoms with van der Waals surface area (Å²) in [6.45, 7) is 3.87. The number of methoxy groups -OCH3 is 1. The van der Waals surface area contributed by atoms with E-state index in [0.717, 1.165) is 38.8 Å². The van der Waals surface area contributed by atoms with Gasteiger partial charge in [-0.2, -0.15) is 0 Å². The van der Waals surface area contributed by atoms with Crippen molar-refractivity contribution in [2.45, 2.75) is 45.1 Å². The first-order chi connectivity index (χ1) is 6.77. The standard InChI is InChI=1S/C11H21NO2/c1-3-4-5-11(13)12-8-6-10(14-2)7-9-12/h10H,3-9H2,1-2H3. The molecule has 0 aliphatic carbocycles. The first-order valence-corrected chi connectivity index (χ1v) is 5.58. The highest BCUT2D eigenvalue weighted by atomic mass is 16.5. The Hall–Kier alpha value is -0.570. The van der Waals surface area contributed by atoms with Crippen LogP contribution in [0.3, 0.4) is 0 Å². The zero-order valence-corrected chi connectivity index (χ0v) is 9.29. The monoisotopic (exact) mass is 199 g/mol. The summed E-state index contributed by atoms with van der Waals surface area (Å²) in [6.07, 6.45) is 5.19. The third-order valence-corrected chi connectivity index (χ3v) is 2.87. The van der Waals surface area contributed by atoms with E-state index in [1.165, 1.54) is 0 Å². The van der Waals surface area contributed by atoms with Crippen molar-refractivity contribution in [2.75, 3.05) is 20.2 Å². The molecule has 0 saturated carbocycles. The van der Waals surface area contributed by atoms with Gasteiger partial charge in [0.25, 0.3) is 0 Å². The number of carbonyl (C=O) groups is 1. The number of carbonyl (C=O) groups excluding carboxylic acids is 1. The molecule has 1 saturated heterocycles. The Bertz CT molecular complexity index is 174. The molecule has 0 aromatic carbocycles. The summed E-state index contributed by atoms with van der Waals surface area (Å²) < 4.78 is 5.26. The lowest BCUT2D eigenvalue weighted by atomic mass is 10.1. The van der Waals surface area contributed by atoms with E-state index in [1.807, 2.05) is 4.90 Å². The molecule has 0 unspecified atom stereocenters. The molecule has 0 bridgehead atoms.